The molecule has 0 saturated carbocycles. The summed E-state index contributed by atoms with van der Waals surface area (Å²) in [5, 5.41) is 1.30. The Labute approximate surface area is 214 Å². The van der Waals surface area contributed by atoms with Crippen LogP contribution in [-0.2, 0) is 25.7 Å². The van der Waals surface area contributed by atoms with Crippen molar-refractivity contribution in [1.82, 2.24) is 0 Å². The molecule has 35 heavy (non-hydrogen) atoms. The SMILES string of the molecule is CC1=Cc2c(ccc3c2CC(C)(C)C3)C1S1(C2C(C)=Cc3c2ccc2c3CC(C)(C)C2)CCCC1. The smallest absolute Gasteiger partial charge is 0.0366 e. The van der Waals surface area contributed by atoms with Gasteiger partial charge >= 0.3 is 0 Å². The number of hydrogen-bond acceptors (Lipinski definition) is 0. The predicted molar refractivity (Wildman–Crippen MR) is 155 cm³/mol. The number of fused-ring (bicyclic) bond motifs is 6. The molecule has 1 heterocycles. The Bertz CT molecular complexity index is 1230. The van der Waals surface area contributed by atoms with Gasteiger partial charge < -0.3 is 0 Å². The van der Waals surface area contributed by atoms with Crippen LogP contribution in [0.5, 0.6) is 0 Å². The second kappa shape index (κ2) is 7.18. The standard InChI is InChI=1S/C34H42S/c1-21-15-27-25(11-9-23-17-33(3,4)19-29(23)27)31(21)35(13-7-8-14-35)32-22(2)16-28-26(32)12-10-24-18-34(5,6)20-30(24)28/h9-12,15-16,31-32H,7-8,13-14,17-20H2,1-6H3. The minimum Gasteiger partial charge on any atom is -0.220 e. The minimum absolute atomic E-state index is 0.410. The summed E-state index contributed by atoms with van der Waals surface area (Å²) < 4.78 is 0. The molecule has 4 aliphatic carbocycles. The Morgan fingerprint density at radius 3 is 1.49 bits per heavy atom. The van der Waals surface area contributed by atoms with Gasteiger partial charge in [0.25, 0.3) is 0 Å². The van der Waals surface area contributed by atoms with Crippen LogP contribution >= 0.6 is 10.0 Å². The molecule has 0 N–H and O–H groups in total. The van der Waals surface area contributed by atoms with Crippen molar-refractivity contribution in [1.29, 1.82) is 0 Å². The van der Waals surface area contributed by atoms with E-state index >= 15 is 0 Å². The van der Waals surface area contributed by atoms with Gasteiger partial charge in [0.2, 0.25) is 0 Å². The second-order valence-electron chi connectivity index (χ2n) is 14.1. The van der Waals surface area contributed by atoms with Gasteiger partial charge in [-0.2, -0.15) is 0 Å². The van der Waals surface area contributed by atoms with E-state index in [4.69, 9.17) is 0 Å². The maximum absolute atomic E-state index is 2.63. The first kappa shape index (κ1) is 22.5. The van der Waals surface area contributed by atoms with Gasteiger partial charge in [0, 0.05) is 10.5 Å². The zero-order valence-corrected chi connectivity index (χ0v) is 23.5. The summed E-state index contributed by atoms with van der Waals surface area (Å²) in [6.07, 6.45) is 13.1. The average Bonchev–Trinajstić information content (AvgIpc) is 3.54. The van der Waals surface area contributed by atoms with Crippen LogP contribution in [0.4, 0.5) is 0 Å². The Kier molecular flexibility index (Phi) is 4.61. The van der Waals surface area contributed by atoms with Crippen LogP contribution in [0.2, 0.25) is 0 Å². The molecule has 2 atom stereocenters. The molecular weight excluding hydrogens is 440 g/mol. The highest BCUT2D eigenvalue weighted by molar-refractivity contribution is 8.34. The summed E-state index contributed by atoms with van der Waals surface area (Å²) in [5.41, 5.74) is 17.4. The Balaban J connectivity index is 1.37. The molecule has 5 aliphatic rings. The summed E-state index contributed by atoms with van der Waals surface area (Å²) in [7, 11) is -0.872. The fourth-order valence-corrected chi connectivity index (χ4v) is 14.9. The first-order valence-electron chi connectivity index (χ1n) is 14.0. The second-order valence-corrected chi connectivity index (χ2v) is 17.9. The van der Waals surface area contributed by atoms with Gasteiger partial charge in [-0.3, -0.25) is 0 Å². The lowest BCUT2D eigenvalue weighted by molar-refractivity contribution is 0.392. The molecule has 0 nitrogen and oxygen atoms in total. The van der Waals surface area contributed by atoms with Gasteiger partial charge in [0.15, 0.2) is 0 Å². The lowest BCUT2D eigenvalue weighted by Crippen LogP contribution is -2.20. The van der Waals surface area contributed by atoms with Crippen molar-refractivity contribution >= 4 is 22.2 Å². The molecule has 7 rings (SSSR count). The van der Waals surface area contributed by atoms with E-state index in [1.807, 2.05) is 0 Å². The lowest BCUT2D eigenvalue weighted by Gasteiger charge is -2.49. The molecule has 0 bridgehead atoms. The highest BCUT2D eigenvalue weighted by atomic mass is 32.3. The summed E-state index contributed by atoms with van der Waals surface area (Å²) >= 11 is 0. The monoisotopic (exact) mass is 482 g/mol. The van der Waals surface area contributed by atoms with E-state index in [-0.39, 0.29) is 0 Å². The molecular formula is C34H42S. The molecule has 2 aromatic rings. The van der Waals surface area contributed by atoms with Crippen LogP contribution in [-0.4, -0.2) is 11.5 Å². The fourth-order valence-electron chi connectivity index (χ4n) is 8.91. The van der Waals surface area contributed by atoms with Crippen LogP contribution in [0.3, 0.4) is 0 Å². The molecule has 1 aliphatic heterocycles. The first-order chi connectivity index (χ1) is 16.6. The van der Waals surface area contributed by atoms with Gasteiger partial charge in [0.1, 0.15) is 0 Å². The first-order valence-corrected chi connectivity index (χ1v) is 16.1. The van der Waals surface area contributed by atoms with Crippen LogP contribution in [0.25, 0.3) is 12.2 Å². The Hall–Kier alpha value is -1.73. The molecule has 1 heteroatoms. The van der Waals surface area contributed by atoms with Crippen molar-refractivity contribution in [3.05, 3.63) is 79.9 Å². The van der Waals surface area contributed by atoms with Crippen molar-refractivity contribution in [3.8, 4) is 0 Å². The molecule has 0 spiro atoms. The van der Waals surface area contributed by atoms with Gasteiger partial charge in [0.05, 0.1) is 0 Å². The van der Waals surface area contributed by atoms with Crippen LogP contribution in [0, 0.1) is 10.8 Å². The largest absolute Gasteiger partial charge is 0.220 e. The van der Waals surface area contributed by atoms with Crippen LogP contribution in [0.15, 0.2) is 35.4 Å². The van der Waals surface area contributed by atoms with E-state index in [9.17, 15) is 0 Å². The lowest BCUT2D eigenvalue weighted by atomic mass is 9.90. The molecule has 184 valence electrons. The van der Waals surface area contributed by atoms with E-state index in [0.717, 1.165) is 0 Å². The highest BCUT2D eigenvalue weighted by Gasteiger charge is 2.50. The topological polar surface area (TPSA) is 0 Å². The molecule has 0 aromatic heterocycles. The molecule has 0 radical (unpaired) electrons. The number of hydrogen-bond donors (Lipinski definition) is 0. The fraction of sp³-hybridized carbons (Fsp3) is 0.529. The number of benzene rings is 2. The molecule has 2 unspecified atom stereocenters. The van der Waals surface area contributed by atoms with E-state index in [2.05, 4.69) is 78.0 Å². The van der Waals surface area contributed by atoms with Crippen molar-refractivity contribution < 1.29 is 0 Å². The molecule has 0 amide bonds. The van der Waals surface area contributed by atoms with Gasteiger partial charge in [-0.25, -0.2) is 10.0 Å². The number of rotatable bonds is 2. The minimum atomic E-state index is -0.872. The molecule has 1 saturated heterocycles. The maximum atomic E-state index is 2.63. The summed E-state index contributed by atoms with van der Waals surface area (Å²) in [5.74, 6) is 2.89. The van der Waals surface area contributed by atoms with Gasteiger partial charge in [-0.1, -0.05) is 75.3 Å². The molecule has 2 aromatic carbocycles. The third-order valence-electron chi connectivity index (χ3n) is 10.00. The quantitative estimate of drug-likeness (QED) is 0.400. The van der Waals surface area contributed by atoms with E-state index in [1.165, 1.54) is 50.0 Å². The summed E-state index contributed by atoms with van der Waals surface area (Å²) in [6, 6.07) is 10.2. The van der Waals surface area contributed by atoms with E-state index < -0.39 is 10.0 Å². The van der Waals surface area contributed by atoms with E-state index in [1.54, 1.807) is 55.7 Å². The van der Waals surface area contributed by atoms with Crippen LogP contribution < -0.4 is 0 Å². The Morgan fingerprint density at radius 1 is 0.629 bits per heavy atom. The Morgan fingerprint density at radius 2 is 1.06 bits per heavy atom. The third kappa shape index (κ3) is 3.13. The van der Waals surface area contributed by atoms with Crippen LogP contribution in [0.1, 0.15) is 109 Å². The van der Waals surface area contributed by atoms with Gasteiger partial charge in [-0.15, -0.1) is 0 Å². The third-order valence-corrected chi connectivity index (χ3v) is 15.2. The van der Waals surface area contributed by atoms with Crippen molar-refractivity contribution in [3.63, 3.8) is 0 Å². The van der Waals surface area contributed by atoms with Crippen molar-refractivity contribution in [2.75, 3.05) is 11.5 Å². The van der Waals surface area contributed by atoms with E-state index in [0.29, 0.717) is 21.3 Å². The van der Waals surface area contributed by atoms with Crippen molar-refractivity contribution in [2.45, 2.75) is 90.6 Å². The highest BCUT2D eigenvalue weighted by Crippen LogP contribution is 2.78. The zero-order valence-electron chi connectivity index (χ0n) is 22.7. The summed E-state index contributed by atoms with van der Waals surface area (Å²) in [4.78, 5) is 0. The van der Waals surface area contributed by atoms with Gasteiger partial charge in [-0.05, 0) is 119 Å². The summed E-state index contributed by atoms with van der Waals surface area (Å²) in [6.45, 7) is 14.8. The maximum Gasteiger partial charge on any atom is 0.0366 e. The zero-order chi connectivity index (χ0) is 24.3. The normalized spacial score (nSPS) is 29.3. The van der Waals surface area contributed by atoms with Crippen molar-refractivity contribution in [2.24, 2.45) is 10.8 Å². The average molecular weight is 483 g/mol. The molecule has 1 fully saturated rings. The predicted octanol–water partition coefficient (Wildman–Crippen LogP) is 9.15.